The van der Waals surface area contributed by atoms with E-state index in [1.165, 1.54) is 30.2 Å². The van der Waals surface area contributed by atoms with Crippen LogP contribution in [-0.2, 0) is 0 Å². The Hall–Kier alpha value is -2.15. The summed E-state index contributed by atoms with van der Waals surface area (Å²) in [5.41, 5.74) is 0.891. The van der Waals surface area contributed by atoms with Crippen molar-refractivity contribution < 1.29 is 9.21 Å². The van der Waals surface area contributed by atoms with Gasteiger partial charge in [0.25, 0.3) is 5.91 Å². The molecule has 152 valence electrons. The summed E-state index contributed by atoms with van der Waals surface area (Å²) in [6.45, 7) is 4.37. The van der Waals surface area contributed by atoms with E-state index in [1.807, 2.05) is 13.0 Å². The van der Waals surface area contributed by atoms with Gasteiger partial charge in [-0.1, -0.05) is 24.1 Å². The molecule has 1 saturated heterocycles. The second kappa shape index (κ2) is 8.69. The Morgan fingerprint density at radius 2 is 2.07 bits per heavy atom. The number of benzene rings is 1. The first kappa shape index (κ1) is 20.1. The molecule has 0 radical (unpaired) electrons. The van der Waals surface area contributed by atoms with Gasteiger partial charge in [0.05, 0.1) is 11.4 Å². The molecule has 3 heterocycles. The lowest BCUT2D eigenvalue weighted by Gasteiger charge is -2.34. The van der Waals surface area contributed by atoms with Gasteiger partial charge < -0.3 is 9.73 Å². The predicted octanol–water partition coefficient (Wildman–Crippen LogP) is 4.77. The fourth-order valence-electron chi connectivity index (χ4n) is 3.79. The number of carbonyl (C=O) groups excluding carboxylic acids is 1. The molecule has 1 unspecified atom stereocenters. The number of nitrogens with zero attached hydrogens (tertiary/aromatic N) is 1. The number of amides is 1. The Kier molecular flexibility index (Phi) is 6.04. The summed E-state index contributed by atoms with van der Waals surface area (Å²) in [4.78, 5) is 28.9. The van der Waals surface area contributed by atoms with Gasteiger partial charge in [0.2, 0.25) is 0 Å². The molecule has 0 aliphatic carbocycles. The van der Waals surface area contributed by atoms with E-state index in [2.05, 4.69) is 21.7 Å². The molecule has 0 bridgehead atoms. The summed E-state index contributed by atoms with van der Waals surface area (Å²) >= 11 is 7.81. The van der Waals surface area contributed by atoms with Gasteiger partial charge in [0, 0.05) is 22.5 Å². The topological polar surface area (TPSA) is 62.6 Å². The average Bonchev–Trinajstić information content (AvgIpc) is 3.25. The van der Waals surface area contributed by atoms with Gasteiger partial charge in [-0.3, -0.25) is 14.5 Å². The van der Waals surface area contributed by atoms with E-state index >= 15 is 0 Å². The molecule has 2 aromatic heterocycles. The largest absolute Gasteiger partial charge is 0.451 e. The number of thiophene rings is 1. The van der Waals surface area contributed by atoms with Crippen LogP contribution in [0.4, 0.5) is 0 Å². The molecule has 4 rings (SSSR count). The third-order valence-electron chi connectivity index (χ3n) is 5.39. The lowest BCUT2D eigenvalue weighted by molar-refractivity contribution is 0.0899. The highest BCUT2D eigenvalue weighted by molar-refractivity contribution is 7.10. The SMILES string of the molecule is Cc1cc2oc(C(=O)NCC(c3cccs3)N3CCCCC3)cc(=O)c2cc1Cl. The molecule has 29 heavy (non-hydrogen) atoms. The number of rotatable bonds is 5. The molecular formula is C22H23ClN2O3S. The van der Waals surface area contributed by atoms with Crippen LogP contribution < -0.4 is 10.7 Å². The van der Waals surface area contributed by atoms with Crippen molar-refractivity contribution in [1.82, 2.24) is 10.2 Å². The summed E-state index contributed by atoms with van der Waals surface area (Å²) in [6.07, 6.45) is 3.61. The number of halogens is 1. The highest BCUT2D eigenvalue weighted by Gasteiger charge is 2.24. The zero-order chi connectivity index (χ0) is 20.4. The summed E-state index contributed by atoms with van der Waals surface area (Å²) in [7, 11) is 0. The van der Waals surface area contributed by atoms with E-state index in [9.17, 15) is 9.59 Å². The third kappa shape index (κ3) is 4.39. The van der Waals surface area contributed by atoms with Crippen LogP contribution >= 0.6 is 22.9 Å². The van der Waals surface area contributed by atoms with E-state index in [0.29, 0.717) is 22.5 Å². The van der Waals surface area contributed by atoms with Gasteiger partial charge in [-0.05, 0) is 62.0 Å². The van der Waals surface area contributed by atoms with Crippen molar-refractivity contribution >= 4 is 39.8 Å². The van der Waals surface area contributed by atoms with Crippen molar-refractivity contribution in [3.8, 4) is 0 Å². The maximum absolute atomic E-state index is 12.8. The van der Waals surface area contributed by atoms with Crippen LogP contribution in [0.3, 0.4) is 0 Å². The Morgan fingerprint density at radius 3 is 2.79 bits per heavy atom. The second-order valence-electron chi connectivity index (χ2n) is 7.41. The lowest BCUT2D eigenvalue weighted by Crippen LogP contribution is -2.40. The average molecular weight is 431 g/mol. The molecule has 1 aliphatic rings. The zero-order valence-electron chi connectivity index (χ0n) is 16.2. The maximum Gasteiger partial charge on any atom is 0.287 e. The van der Waals surface area contributed by atoms with Crippen LogP contribution in [0.15, 0.2) is 44.9 Å². The fourth-order valence-corrected chi connectivity index (χ4v) is 4.81. The first-order valence-corrected chi connectivity index (χ1v) is 11.1. The Balaban J connectivity index is 1.55. The molecule has 1 aliphatic heterocycles. The number of likely N-dealkylation sites (tertiary alicyclic amines) is 1. The van der Waals surface area contributed by atoms with Crippen LogP contribution in [0.5, 0.6) is 0 Å². The van der Waals surface area contributed by atoms with Crippen molar-refractivity contribution in [2.45, 2.75) is 32.2 Å². The van der Waals surface area contributed by atoms with E-state index in [-0.39, 0.29) is 23.1 Å². The number of aryl methyl sites for hydroxylation is 1. The standard InChI is InChI=1S/C22H23ClN2O3S/c1-14-10-19-15(11-16(14)23)18(26)12-20(28-19)22(27)24-13-17(21-6-5-9-29-21)25-7-3-2-4-8-25/h5-6,9-12,17H,2-4,7-8,13H2,1H3,(H,24,27). The van der Waals surface area contributed by atoms with Crippen molar-refractivity contribution in [2.75, 3.05) is 19.6 Å². The molecule has 7 heteroatoms. The number of hydrogen-bond donors (Lipinski definition) is 1. The maximum atomic E-state index is 12.8. The molecule has 1 N–H and O–H groups in total. The first-order chi connectivity index (χ1) is 14.0. The third-order valence-corrected chi connectivity index (χ3v) is 6.77. The number of nitrogens with one attached hydrogen (secondary N) is 1. The van der Waals surface area contributed by atoms with Crippen LogP contribution in [0, 0.1) is 6.92 Å². The Labute approximate surface area is 178 Å². The number of piperidine rings is 1. The highest BCUT2D eigenvalue weighted by Crippen LogP contribution is 2.28. The van der Waals surface area contributed by atoms with Crippen molar-refractivity contribution in [3.63, 3.8) is 0 Å². The highest BCUT2D eigenvalue weighted by atomic mass is 35.5. The first-order valence-electron chi connectivity index (χ1n) is 9.82. The van der Waals surface area contributed by atoms with E-state index < -0.39 is 0 Å². The number of hydrogen-bond acceptors (Lipinski definition) is 5. The van der Waals surface area contributed by atoms with Gasteiger partial charge in [0.1, 0.15) is 5.58 Å². The van der Waals surface area contributed by atoms with Gasteiger partial charge in [-0.2, -0.15) is 0 Å². The van der Waals surface area contributed by atoms with Gasteiger partial charge >= 0.3 is 0 Å². The quantitative estimate of drug-likeness (QED) is 0.633. The van der Waals surface area contributed by atoms with Gasteiger partial charge in [0.15, 0.2) is 11.2 Å². The van der Waals surface area contributed by atoms with Crippen LogP contribution in [0.25, 0.3) is 11.0 Å². The number of fused-ring (bicyclic) bond motifs is 1. The van der Waals surface area contributed by atoms with E-state index in [0.717, 1.165) is 18.7 Å². The molecular weight excluding hydrogens is 408 g/mol. The molecule has 1 atom stereocenters. The van der Waals surface area contributed by atoms with Crippen molar-refractivity contribution in [1.29, 1.82) is 0 Å². The van der Waals surface area contributed by atoms with Crippen LogP contribution in [-0.4, -0.2) is 30.4 Å². The summed E-state index contributed by atoms with van der Waals surface area (Å²) in [5, 5.41) is 5.91. The zero-order valence-corrected chi connectivity index (χ0v) is 17.8. The monoisotopic (exact) mass is 430 g/mol. The minimum Gasteiger partial charge on any atom is -0.451 e. The Bertz CT molecular complexity index is 1070. The minimum atomic E-state index is -0.379. The molecule has 1 amide bonds. The number of carbonyl (C=O) groups is 1. The minimum absolute atomic E-state index is 0.0211. The fraction of sp³-hybridized carbons (Fsp3) is 0.364. The van der Waals surface area contributed by atoms with Crippen molar-refractivity contribution in [3.05, 3.63) is 67.2 Å². The van der Waals surface area contributed by atoms with Gasteiger partial charge in [-0.25, -0.2) is 0 Å². The molecule has 5 nitrogen and oxygen atoms in total. The smallest absolute Gasteiger partial charge is 0.287 e. The van der Waals surface area contributed by atoms with E-state index in [4.69, 9.17) is 16.0 Å². The van der Waals surface area contributed by atoms with Gasteiger partial charge in [-0.15, -0.1) is 11.3 Å². The molecule has 0 spiro atoms. The summed E-state index contributed by atoms with van der Waals surface area (Å²) in [6, 6.07) is 8.80. The summed E-state index contributed by atoms with van der Waals surface area (Å²) in [5.74, 6) is -0.358. The lowest BCUT2D eigenvalue weighted by atomic mass is 10.1. The molecule has 0 saturated carbocycles. The van der Waals surface area contributed by atoms with Crippen molar-refractivity contribution in [2.24, 2.45) is 0 Å². The Morgan fingerprint density at radius 1 is 1.28 bits per heavy atom. The van der Waals surface area contributed by atoms with Crippen LogP contribution in [0.2, 0.25) is 5.02 Å². The normalized spacial score (nSPS) is 16.1. The summed E-state index contributed by atoms with van der Waals surface area (Å²) < 4.78 is 5.73. The second-order valence-corrected chi connectivity index (χ2v) is 8.80. The molecule has 1 aromatic carbocycles. The molecule has 1 fully saturated rings. The van der Waals surface area contributed by atoms with Crippen LogP contribution in [0.1, 0.15) is 46.3 Å². The molecule has 3 aromatic rings. The predicted molar refractivity (Wildman–Crippen MR) is 117 cm³/mol. The van der Waals surface area contributed by atoms with E-state index in [1.54, 1.807) is 23.5 Å².